The summed E-state index contributed by atoms with van der Waals surface area (Å²) in [5, 5.41) is 0. The molecule has 2 aromatic carbocycles. The molecule has 2 aromatic rings. The summed E-state index contributed by atoms with van der Waals surface area (Å²) < 4.78 is 18.8. The van der Waals surface area contributed by atoms with Crippen molar-refractivity contribution in [3.05, 3.63) is 66.0 Å². The number of nitrogens with zero attached hydrogens (tertiary/aromatic N) is 2. The van der Waals surface area contributed by atoms with Gasteiger partial charge in [-0.05, 0) is 36.8 Å². The molecule has 1 heterocycles. The van der Waals surface area contributed by atoms with Gasteiger partial charge in [0.05, 0.1) is 0 Å². The van der Waals surface area contributed by atoms with E-state index in [2.05, 4.69) is 0 Å². The number of amides is 2. The van der Waals surface area contributed by atoms with Crippen molar-refractivity contribution >= 4 is 11.8 Å². The molecule has 0 spiro atoms. The van der Waals surface area contributed by atoms with Crippen molar-refractivity contribution in [2.24, 2.45) is 0 Å². The molecule has 0 aromatic heterocycles. The van der Waals surface area contributed by atoms with Crippen LogP contribution >= 0.6 is 0 Å². The third-order valence-electron chi connectivity index (χ3n) is 4.31. The van der Waals surface area contributed by atoms with Gasteiger partial charge in [0.1, 0.15) is 11.6 Å². The molecule has 1 saturated heterocycles. The number of carbonyl (C=O) groups excluding carboxylic acids is 2. The van der Waals surface area contributed by atoms with Crippen LogP contribution in [-0.2, 0) is 4.79 Å². The first-order valence-corrected chi connectivity index (χ1v) is 8.64. The number of ether oxygens (including phenoxy) is 1. The van der Waals surface area contributed by atoms with E-state index >= 15 is 0 Å². The first-order chi connectivity index (χ1) is 12.6. The van der Waals surface area contributed by atoms with Gasteiger partial charge in [-0.15, -0.1) is 0 Å². The van der Waals surface area contributed by atoms with Crippen molar-refractivity contribution in [1.29, 1.82) is 0 Å². The number of carbonyl (C=O) groups is 2. The maximum atomic E-state index is 13.3. The largest absolute Gasteiger partial charge is 0.484 e. The molecule has 2 amide bonds. The van der Waals surface area contributed by atoms with Gasteiger partial charge in [-0.25, -0.2) is 4.39 Å². The van der Waals surface area contributed by atoms with E-state index in [0.29, 0.717) is 43.9 Å². The summed E-state index contributed by atoms with van der Waals surface area (Å²) in [7, 11) is 0. The fourth-order valence-electron chi connectivity index (χ4n) is 2.93. The van der Waals surface area contributed by atoms with Crippen LogP contribution in [0, 0.1) is 5.82 Å². The molecule has 0 atom stereocenters. The lowest BCUT2D eigenvalue weighted by Gasteiger charge is -2.22. The van der Waals surface area contributed by atoms with Gasteiger partial charge in [-0.1, -0.05) is 24.3 Å². The Hall–Kier alpha value is -2.89. The fourth-order valence-corrected chi connectivity index (χ4v) is 2.93. The number of halogens is 1. The van der Waals surface area contributed by atoms with Gasteiger partial charge in [0.15, 0.2) is 6.61 Å². The summed E-state index contributed by atoms with van der Waals surface area (Å²) in [4.78, 5) is 28.3. The minimum absolute atomic E-state index is 0.0259. The monoisotopic (exact) mass is 356 g/mol. The molecule has 26 heavy (non-hydrogen) atoms. The van der Waals surface area contributed by atoms with E-state index in [1.807, 2.05) is 18.2 Å². The zero-order valence-electron chi connectivity index (χ0n) is 14.4. The van der Waals surface area contributed by atoms with Crippen LogP contribution in [0.2, 0.25) is 0 Å². The van der Waals surface area contributed by atoms with E-state index in [0.717, 1.165) is 0 Å². The molecule has 1 aliphatic heterocycles. The molecule has 5 nitrogen and oxygen atoms in total. The number of hydrogen-bond acceptors (Lipinski definition) is 3. The van der Waals surface area contributed by atoms with Crippen molar-refractivity contribution in [1.82, 2.24) is 9.80 Å². The topological polar surface area (TPSA) is 49.9 Å². The Labute approximate surface area is 152 Å². The van der Waals surface area contributed by atoms with E-state index in [-0.39, 0.29) is 18.4 Å². The second kappa shape index (κ2) is 8.47. The van der Waals surface area contributed by atoms with Crippen LogP contribution in [0.3, 0.4) is 0 Å². The van der Waals surface area contributed by atoms with Crippen molar-refractivity contribution in [3.8, 4) is 5.75 Å². The van der Waals surface area contributed by atoms with Crippen molar-refractivity contribution in [2.45, 2.75) is 6.42 Å². The third-order valence-corrected chi connectivity index (χ3v) is 4.31. The predicted octanol–water partition coefficient (Wildman–Crippen LogP) is 2.58. The van der Waals surface area contributed by atoms with Gasteiger partial charge in [0.2, 0.25) is 0 Å². The van der Waals surface area contributed by atoms with Gasteiger partial charge >= 0.3 is 0 Å². The Balaban J connectivity index is 1.54. The maximum absolute atomic E-state index is 13.3. The SMILES string of the molecule is O=C(COc1ccccc1)N1CCCN(C(=O)c2cccc(F)c2)CC1. The van der Waals surface area contributed by atoms with E-state index in [1.165, 1.54) is 18.2 Å². The lowest BCUT2D eigenvalue weighted by Crippen LogP contribution is -2.39. The summed E-state index contributed by atoms with van der Waals surface area (Å²) in [6.45, 7) is 1.95. The highest BCUT2D eigenvalue weighted by atomic mass is 19.1. The Morgan fingerprint density at radius 3 is 2.42 bits per heavy atom. The number of para-hydroxylation sites is 1. The second-order valence-electron chi connectivity index (χ2n) is 6.14. The Morgan fingerprint density at radius 1 is 0.923 bits per heavy atom. The predicted molar refractivity (Wildman–Crippen MR) is 95.4 cm³/mol. The summed E-state index contributed by atoms with van der Waals surface area (Å²) >= 11 is 0. The fraction of sp³-hybridized carbons (Fsp3) is 0.300. The van der Waals surface area contributed by atoms with Crippen molar-refractivity contribution < 1.29 is 18.7 Å². The molecule has 136 valence electrons. The molecule has 6 heteroatoms. The lowest BCUT2D eigenvalue weighted by atomic mass is 10.2. The van der Waals surface area contributed by atoms with E-state index < -0.39 is 5.82 Å². The van der Waals surface area contributed by atoms with Crippen molar-refractivity contribution in [2.75, 3.05) is 32.8 Å². The van der Waals surface area contributed by atoms with Gasteiger partial charge in [0.25, 0.3) is 11.8 Å². The molecule has 3 rings (SSSR count). The van der Waals surface area contributed by atoms with E-state index in [1.54, 1.807) is 28.0 Å². The quantitative estimate of drug-likeness (QED) is 0.846. The minimum atomic E-state index is -0.430. The lowest BCUT2D eigenvalue weighted by molar-refractivity contribution is -0.133. The average Bonchev–Trinajstić information content (AvgIpc) is 2.92. The molecular weight excluding hydrogens is 335 g/mol. The van der Waals surface area contributed by atoms with E-state index in [4.69, 9.17) is 4.74 Å². The smallest absolute Gasteiger partial charge is 0.260 e. The van der Waals surface area contributed by atoms with Crippen LogP contribution in [0.5, 0.6) is 5.75 Å². The van der Waals surface area contributed by atoms with Crippen LogP contribution in [0.25, 0.3) is 0 Å². The summed E-state index contributed by atoms with van der Waals surface area (Å²) in [5.41, 5.74) is 0.331. The molecule has 0 unspecified atom stereocenters. The van der Waals surface area contributed by atoms with Gasteiger partial charge in [-0.2, -0.15) is 0 Å². The Kier molecular flexibility index (Phi) is 5.84. The average molecular weight is 356 g/mol. The zero-order valence-corrected chi connectivity index (χ0v) is 14.4. The highest BCUT2D eigenvalue weighted by Gasteiger charge is 2.23. The van der Waals surface area contributed by atoms with Crippen LogP contribution in [0.1, 0.15) is 16.8 Å². The number of rotatable bonds is 4. The number of hydrogen-bond donors (Lipinski definition) is 0. The first-order valence-electron chi connectivity index (χ1n) is 8.64. The summed E-state index contributed by atoms with van der Waals surface area (Å²) in [6, 6.07) is 14.9. The van der Waals surface area contributed by atoms with Crippen LogP contribution in [0.15, 0.2) is 54.6 Å². The minimum Gasteiger partial charge on any atom is -0.484 e. The van der Waals surface area contributed by atoms with Crippen LogP contribution < -0.4 is 4.74 Å². The van der Waals surface area contributed by atoms with Gasteiger partial charge in [-0.3, -0.25) is 9.59 Å². The molecule has 1 fully saturated rings. The van der Waals surface area contributed by atoms with Crippen LogP contribution in [-0.4, -0.2) is 54.4 Å². The normalized spacial score (nSPS) is 14.7. The first kappa shape index (κ1) is 17.9. The molecule has 0 aliphatic carbocycles. The molecule has 0 saturated carbocycles. The molecule has 0 bridgehead atoms. The number of benzene rings is 2. The highest BCUT2D eigenvalue weighted by Crippen LogP contribution is 2.12. The van der Waals surface area contributed by atoms with Crippen LogP contribution in [0.4, 0.5) is 4.39 Å². The van der Waals surface area contributed by atoms with Gasteiger partial charge in [0, 0.05) is 31.7 Å². The summed E-state index contributed by atoms with van der Waals surface area (Å²) in [5.74, 6) is -0.0904. The standard InChI is InChI=1S/C20H21FN2O3/c21-17-7-4-6-16(14-17)20(25)23-11-5-10-22(12-13-23)19(24)15-26-18-8-2-1-3-9-18/h1-4,6-9,14H,5,10-13,15H2. The molecule has 1 aliphatic rings. The maximum Gasteiger partial charge on any atom is 0.260 e. The highest BCUT2D eigenvalue weighted by molar-refractivity contribution is 5.94. The van der Waals surface area contributed by atoms with Gasteiger partial charge < -0.3 is 14.5 Å². The molecule has 0 radical (unpaired) electrons. The zero-order chi connectivity index (χ0) is 18.4. The van der Waals surface area contributed by atoms with Crippen molar-refractivity contribution in [3.63, 3.8) is 0 Å². The molecule has 0 N–H and O–H groups in total. The third kappa shape index (κ3) is 4.59. The van der Waals surface area contributed by atoms with E-state index in [9.17, 15) is 14.0 Å². The molecular formula is C20H21FN2O3. The Morgan fingerprint density at radius 2 is 1.65 bits per heavy atom. The second-order valence-corrected chi connectivity index (χ2v) is 6.14. The Bertz CT molecular complexity index is 767. The summed E-state index contributed by atoms with van der Waals surface area (Å²) in [6.07, 6.45) is 0.679.